The topological polar surface area (TPSA) is 46.3 Å². The molecule has 0 aromatic heterocycles. The van der Waals surface area contributed by atoms with Crippen LogP contribution in [0.5, 0.6) is 0 Å². The second-order valence-electron chi connectivity index (χ2n) is 2.41. The van der Waals surface area contributed by atoms with Gasteiger partial charge in [-0.1, -0.05) is 0 Å². The number of hydrogen-bond acceptors (Lipinski definition) is 3. The Bertz CT molecular complexity index is 126. The van der Waals surface area contributed by atoms with Crippen molar-refractivity contribution < 1.29 is 4.79 Å². The van der Waals surface area contributed by atoms with Crippen molar-refractivity contribution in [1.29, 1.82) is 0 Å². The number of thioether (sulfide) groups is 1. The van der Waals surface area contributed by atoms with Crippen molar-refractivity contribution in [2.75, 3.05) is 31.1 Å². The Hall–Kier alpha value is -0.220. The van der Waals surface area contributed by atoms with E-state index in [1.807, 2.05) is 18.7 Å². The highest BCUT2D eigenvalue weighted by molar-refractivity contribution is 7.99. The zero-order valence-corrected chi connectivity index (χ0v) is 8.69. The smallest absolute Gasteiger partial charge is 0.232 e. The average Bonchev–Trinajstić information content (AvgIpc) is 2.07. The van der Waals surface area contributed by atoms with Crippen molar-refractivity contribution >= 4 is 17.7 Å². The van der Waals surface area contributed by atoms with E-state index in [1.165, 1.54) is 0 Å². The monoisotopic (exact) mass is 190 g/mol. The highest BCUT2D eigenvalue weighted by Gasteiger charge is 2.07. The molecule has 0 fully saturated rings. The summed E-state index contributed by atoms with van der Waals surface area (Å²) in [6.07, 6.45) is 0. The molecule has 0 aromatic rings. The van der Waals surface area contributed by atoms with E-state index >= 15 is 0 Å². The third kappa shape index (κ3) is 4.62. The quantitative estimate of drug-likeness (QED) is 0.622. The Morgan fingerprint density at radius 2 is 2.00 bits per heavy atom. The number of nitrogens with zero attached hydrogens (tertiary/aromatic N) is 1. The Labute approximate surface area is 78.7 Å². The molecule has 0 atom stereocenters. The molecule has 4 heteroatoms. The van der Waals surface area contributed by atoms with Crippen LogP contribution >= 0.6 is 11.8 Å². The van der Waals surface area contributed by atoms with E-state index in [0.717, 1.165) is 18.8 Å². The first-order valence-electron chi connectivity index (χ1n) is 4.31. The van der Waals surface area contributed by atoms with Crippen molar-refractivity contribution in [3.63, 3.8) is 0 Å². The molecule has 0 aromatic carbocycles. The lowest BCUT2D eigenvalue weighted by Crippen LogP contribution is -2.32. The van der Waals surface area contributed by atoms with E-state index in [2.05, 4.69) is 0 Å². The summed E-state index contributed by atoms with van der Waals surface area (Å²) >= 11 is 1.60. The van der Waals surface area contributed by atoms with Crippen LogP contribution in [-0.4, -0.2) is 41.9 Å². The van der Waals surface area contributed by atoms with Gasteiger partial charge >= 0.3 is 0 Å². The zero-order valence-electron chi connectivity index (χ0n) is 7.88. The second kappa shape index (κ2) is 7.43. The van der Waals surface area contributed by atoms with Gasteiger partial charge < -0.3 is 10.6 Å². The molecule has 0 saturated carbocycles. The minimum atomic E-state index is 0.221. The van der Waals surface area contributed by atoms with E-state index in [-0.39, 0.29) is 5.91 Å². The maximum absolute atomic E-state index is 11.3. The van der Waals surface area contributed by atoms with Crippen LogP contribution in [-0.2, 0) is 4.79 Å². The first kappa shape index (κ1) is 11.8. The highest BCUT2D eigenvalue weighted by Crippen LogP contribution is 2.00. The zero-order chi connectivity index (χ0) is 9.40. The third-order valence-electron chi connectivity index (χ3n) is 1.60. The van der Waals surface area contributed by atoms with Crippen molar-refractivity contribution in [2.45, 2.75) is 13.8 Å². The summed E-state index contributed by atoms with van der Waals surface area (Å²) in [6.45, 7) is 6.25. The maximum Gasteiger partial charge on any atom is 0.232 e. The van der Waals surface area contributed by atoms with E-state index < -0.39 is 0 Å². The van der Waals surface area contributed by atoms with Gasteiger partial charge in [0.1, 0.15) is 0 Å². The molecule has 0 saturated heterocycles. The Kier molecular flexibility index (Phi) is 7.29. The molecule has 0 spiro atoms. The summed E-state index contributed by atoms with van der Waals surface area (Å²) < 4.78 is 0. The number of carbonyl (C=O) groups is 1. The minimum Gasteiger partial charge on any atom is -0.343 e. The normalized spacial score (nSPS) is 9.92. The van der Waals surface area contributed by atoms with Crippen LogP contribution in [0.25, 0.3) is 0 Å². The summed E-state index contributed by atoms with van der Waals surface area (Å²) in [5.74, 6) is 1.66. The van der Waals surface area contributed by atoms with Gasteiger partial charge in [0, 0.05) is 25.4 Å². The molecule has 0 rings (SSSR count). The van der Waals surface area contributed by atoms with E-state index in [0.29, 0.717) is 12.3 Å². The lowest BCUT2D eigenvalue weighted by Gasteiger charge is -2.17. The summed E-state index contributed by atoms with van der Waals surface area (Å²) in [7, 11) is 0. The number of nitrogens with two attached hydrogens (primary N) is 1. The second-order valence-corrected chi connectivity index (χ2v) is 3.51. The van der Waals surface area contributed by atoms with Gasteiger partial charge in [-0.25, -0.2) is 0 Å². The number of amides is 1. The van der Waals surface area contributed by atoms with Crippen LogP contribution < -0.4 is 5.73 Å². The lowest BCUT2D eigenvalue weighted by molar-refractivity contribution is -0.127. The van der Waals surface area contributed by atoms with Crippen LogP contribution in [0, 0.1) is 0 Å². The minimum absolute atomic E-state index is 0.221. The molecule has 3 nitrogen and oxygen atoms in total. The van der Waals surface area contributed by atoms with Crippen molar-refractivity contribution in [3.05, 3.63) is 0 Å². The summed E-state index contributed by atoms with van der Waals surface area (Å²) in [4.78, 5) is 13.2. The molecule has 12 heavy (non-hydrogen) atoms. The van der Waals surface area contributed by atoms with Crippen LogP contribution in [0.3, 0.4) is 0 Å². The summed E-state index contributed by atoms with van der Waals surface area (Å²) in [5, 5.41) is 0. The molecule has 0 unspecified atom stereocenters. The molecule has 0 radical (unpaired) electrons. The molecule has 0 heterocycles. The third-order valence-corrected chi connectivity index (χ3v) is 2.58. The van der Waals surface area contributed by atoms with Crippen molar-refractivity contribution in [2.24, 2.45) is 5.73 Å². The van der Waals surface area contributed by atoms with Crippen LogP contribution in [0.2, 0.25) is 0 Å². The van der Waals surface area contributed by atoms with Gasteiger partial charge in [0.25, 0.3) is 0 Å². The van der Waals surface area contributed by atoms with Gasteiger partial charge in [-0.2, -0.15) is 11.8 Å². The fraction of sp³-hybridized carbons (Fsp3) is 0.875. The first-order valence-corrected chi connectivity index (χ1v) is 5.47. The lowest BCUT2D eigenvalue weighted by atomic mass is 10.5. The van der Waals surface area contributed by atoms with E-state index in [4.69, 9.17) is 5.73 Å². The number of rotatable bonds is 6. The van der Waals surface area contributed by atoms with Gasteiger partial charge in [0.15, 0.2) is 0 Å². The highest BCUT2D eigenvalue weighted by atomic mass is 32.2. The molecule has 2 N–H and O–H groups in total. The Balaban J connectivity index is 3.54. The molecule has 72 valence electrons. The fourth-order valence-electron chi connectivity index (χ4n) is 0.910. The predicted octanol–water partition coefficient (Wildman–Crippen LogP) is 0.547. The van der Waals surface area contributed by atoms with Crippen molar-refractivity contribution in [3.8, 4) is 0 Å². The van der Waals surface area contributed by atoms with Gasteiger partial charge in [0.2, 0.25) is 5.91 Å². The molecule has 1 amide bonds. The molecule has 0 aliphatic heterocycles. The van der Waals surface area contributed by atoms with E-state index in [9.17, 15) is 4.79 Å². The van der Waals surface area contributed by atoms with Crippen molar-refractivity contribution in [1.82, 2.24) is 4.90 Å². The molecule has 0 bridgehead atoms. The van der Waals surface area contributed by atoms with Crippen LogP contribution in [0.15, 0.2) is 0 Å². The SMILES string of the molecule is CCN(CC)C(=O)CSCCN. The molecule has 0 aliphatic rings. The predicted molar refractivity (Wildman–Crippen MR) is 54.3 cm³/mol. The van der Waals surface area contributed by atoms with Gasteiger partial charge in [0.05, 0.1) is 5.75 Å². The first-order chi connectivity index (χ1) is 5.76. The number of hydrogen-bond donors (Lipinski definition) is 1. The standard InChI is InChI=1S/C8H18N2OS/c1-3-10(4-2)8(11)7-12-6-5-9/h3-7,9H2,1-2H3. The van der Waals surface area contributed by atoms with Crippen LogP contribution in [0.4, 0.5) is 0 Å². The Morgan fingerprint density at radius 1 is 1.42 bits per heavy atom. The number of carbonyl (C=O) groups excluding carboxylic acids is 1. The summed E-state index contributed by atoms with van der Waals surface area (Å²) in [5.41, 5.74) is 5.31. The molecular weight excluding hydrogens is 172 g/mol. The van der Waals surface area contributed by atoms with Gasteiger partial charge in [-0.3, -0.25) is 4.79 Å². The fourth-order valence-corrected chi connectivity index (χ4v) is 1.58. The molecular formula is C8H18N2OS. The van der Waals surface area contributed by atoms with Gasteiger partial charge in [-0.15, -0.1) is 0 Å². The average molecular weight is 190 g/mol. The summed E-state index contributed by atoms with van der Waals surface area (Å²) in [6, 6.07) is 0. The molecule has 0 aliphatic carbocycles. The maximum atomic E-state index is 11.3. The van der Waals surface area contributed by atoms with Crippen LogP contribution in [0.1, 0.15) is 13.8 Å². The van der Waals surface area contributed by atoms with Gasteiger partial charge in [-0.05, 0) is 13.8 Å². The Morgan fingerprint density at radius 3 is 2.42 bits per heavy atom. The largest absolute Gasteiger partial charge is 0.343 e. The van der Waals surface area contributed by atoms with E-state index in [1.54, 1.807) is 11.8 Å².